The van der Waals surface area contributed by atoms with Crippen LogP contribution in [0, 0.1) is 5.82 Å². The van der Waals surface area contributed by atoms with E-state index in [1.807, 2.05) is 0 Å². The minimum atomic E-state index is -5.09. The molecular weight excluding hydrogens is 292 g/mol. The largest absolute Gasteiger partial charge is 0.493 e. The molecule has 1 N–H and O–H groups in total. The molecule has 3 nitrogen and oxygen atoms in total. The molecule has 0 spiro atoms. The Labute approximate surface area is 119 Å². The lowest BCUT2D eigenvalue weighted by atomic mass is 9.84. The van der Waals surface area contributed by atoms with E-state index in [-0.39, 0.29) is 17.7 Å². The number of carbonyl (C=O) groups is 1. The Bertz CT molecular complexity index is 501. The summed E-state index contributed by atoms with van der Waals surface area (Å²) in [6, 6.07) is 3.87. The maximum absolute atomic E-state index is 13.6. The van der Waals surface area contributed by atoms with Gasteiger partial charge in [0.05, 0.1) is 7.11 Å². The molecule has 0 aliphatic heterocycles. The summed E-state index contributed by atoms with van der Waals surface area (Å²) in [5, 5.41) is 9.52. The first kappa shape index (κ1) is 17.4. The maximum Gasteiger partial charge on any atom is 0.424 e. The highest BCUT2D eigenvalue weighted by Crippen LogP contribution is 2.41. The molecule has 0 aliphatic carbocycles. The van der Waals surface area contributed by atoms with E-state index in [1.54, 1.807) is 6.92 Å². The third-order valence-electron chi connectivity index (χ3n) is 3.38. The number of rotatable bonds is 6. The molecule has 1 aromatic carbocycles. The Hall–Kier alpha value is -1.63. The van der Waals surface area contributed by atoms with Crippen LogP contribution in [0.4, 0.5) is 17.6 Å². The van der Waals surface area contributed by atoms with Gasteiger partial charge in [-0.2, -0.15) is 13.2 Å². The standard InChI is InChI=1S/C14H16F4O3/c1-3-9(7-13(20,8-19)14(16,17)18)10-5-4-6-11(15)12(10)21-2/h4-6,8-9,20H,3,7H2,1-2H3/t9?,13-/m1/s1. The highest BCUT2D eigenvalue weighted by molar-refractivity contribution is 5.64. The van der Waals surface area contributed by atoms with Crippen molar-refractivity contribution in [3.05, 3.63) is 29.6 Å². The van der Waals surface area contributed by atoms with E-state index in [2.05, 4.69) is 0 Å². The van der Waals surface area contributed by atoms with Crippen molar-refractivity contribution in [2.45, 2.75) is 37.5 Å². The Morgan fingerprint density at radius 1 is 1.38 bits per heavy atom. The van der Waals surface area contributed by atoms with Gasteiger partial charge in [0.25, 0.3) is 0 Å². The van der Waals surface area contributed by atoms with Crippen LogP contribution in [0.2, 0.25) is 0 Å². The monoisotopic (exact) mass is 308 g/mol. The van der Waals surface area contributed by atoms with Crippen LogP contribution < -0.4 is 4.74 Å². The number of carbonyl (C=O) groups excluding carboxylic acids is 1. The van der Waals surface area contributed by atoms with Gasteiger partial charge in [-0.15, -0.1) is 0 Å². The minimum Gasteiger partial charge on any atom is -0.493 e. The molecule has 0 aliphatic rings. The third kappa shape index (κ3) is 3.53. The van der Waals surface area contributed by atoms with Crippen LogP contribution in [-0.4, -0.2) is 30.3 Å². The van der Waals surface area contributed by atoms with Gasteiger partial charge < -0.3 is 9.84 Å². The number of hydrogen-bond acceptors (Lipinski definition) is 3. The van der Waals surface area contributed by atoms with E-state index in [0.29, 0.717) is 0 Å². The van der Waals surface area contributed by atoms with Crippen LogP contribution in [0.3, 0.4) is 0 Å². The van der Waals surface area contributed by atoms with Crippen molar-refractivity contribution in [2.24, 2.45) is 0 Å². The third-order valence-corrected chi connectivity index (χ3v) is 3.38. The zero-order valence-corrected chi connectivity index (χ0v) is 11.6. The van der Waals surface area contributed by atoms with Crippen LogP contribution in [0.25, 0.3) is 0 Å². The van der Waals surface area contributed by atoms with Crippen LogP contribution >= 0.6 is 0 Å². The Balaban J connectivity index is 3.21. The second kappa shape index (κ2) is 6.43. The van der Waals surface area contributed by atoms with E-state index < -0.39 is 36.2 Å². The van der Waals surface area contributed by atoms with Crippen molar-refractivity contribution in [2.75, 3.05) is 7.11 Å². The first-order valence-corrected chi connectivity index (χ1v) is 6.28. The second-order valence-corrected chi connectivity index (χ2v) is 4.71. The van der Waals surface area contributed by atoms with Crippen LogP contribution in [0.15, 0.2) is 18.2 Å². The van der Waals surface area contributed by atoms with Gasteiger partial charge in [0.1, 0.15) is 0 Å². The topological polar surface area (TPSA) is 46.5 Å². The molecule has 0 aromatic heterocycles. The lowest BCUT2D eigenvalue weighted by Gasteiger charge is -2.29. The van der Waals surface area contributed by atoms with Crippen molar-refractivity contribution in [3.63, 3.8) is 0 Å². The van der Waals surface area contributed by atoms with Gasteiger partial charge >= 0.3 is 6.18 Å². The summed E-state index contributed by atoms with van der Waals surface area (Å²) in [6.07, 6.45) is -6.34. The number of hydrogen-bond donors (Lipinski definition) is 1. The number of aliphatic hydroxyl groups is 1. The summed E-state index contributed by atoms with van der Waals surface area (Å²) < 4.78 is 56.9. The van der Waals surface area contributed by atoms with Crippen LogP contribution in [0.5, 0.6) is 5.75 Å². The van der Waals surface area contributed by atoms with Crippen molar-refractivity contribution in [1.82, 2.24) is 0 Å². The number of halogens is 4. The van der Waals surface area contributed by atoms with Crippen molar-refractivity contribution in [3.8, 4) is 5.75 Å². The number of ether oxygens (including phenoxy) is 1. The predicted octanol–water partition coefficient (Wildman–Crippen LogP) is 3.21. The fourth-order valence-corrected chi connectivity index (χ4v) is 2.14. The molecule has 0 bridgehead atoms. The van der Waals surface area contributed by atoms with Gasteiger partial charge in [0.15, 0.2) is 17.9 Å². The van der Waals surface area contributed by atoms with Crippen molar-refractivity contribution >= 4 is 6.29 Å². The predicted molar refractivity (Wildman–Crippen MR) is 67.7 cm³/mol. The summed E-state index contributed by atoms with van der Waals surface area (Å²) in [5.74, 6) is -1.78. The van der Waals surface area contributed by atoms with Gasteiger partial charge in [0.2, 0.25) is 5.60 Å². The molecule has 1 aromatic rings. The molecular formula is C14H16F4O3. The molecule has 0 heterocycles. The Morgan fingerprint density at radius 2 is 2.00 bits per heavy atom. The van der Waals surface area contributed by atoms with Crippen molar-refractivity contribution < 1.29 is 32.2 Å². The minimum absolute atomic E-state index is 0.173. The summed E-state index contributed by atoms with van der Waals surface area (Å²) in [7, 11) is 1.20. The van der Waals surface area contributed by atoms with E-state index in [0.717, 1.165) is 6.07 Å². The molecule has 0 saturated heterocycles. The van der Waals surface area contributed by atoms with E-state index in [4.69, 9.17) is 4.74 Å². The second-order valence-electron chi connectivity index (χ2n) is 4.71. The molecule has 2 atom stereocenters. The SMILES string of the molecule is CCC(C[C@@](O)(C=O)C(F)(F)F)c1cccc(F)c1OC. The van der Waals surface area contributed by atoms with Gasteiger partial charge in [-0.3, -0.25) is 4.79 Å². The molecule has 0 radical (unpaired) electrons. The van der Waals surface area contributed by atoms with E-state index in [1.165, 1.54) is 19.2 Å². The average Bonchev–Trinajstić information content (AvgIpc) is 2.43. The highest BCUT2D eigenvalue weighted by atomic mass is 19.4. The molecule has 0 saturated carbocycles. The molecule has 118 valence electrons. The smallest absolute Gasteiger partial charge is 0.424 e. The summed E-state index contributed by atoms with van der Waals surface area (Å²) >= 11 is 0. The Kier molecular flexibility index (Phi) is 5.33. The van der Waals surface area contributed by atoms with Crippen LogP contribution in [-0.2, 0) is 4.79 Å². The summed E-state index contributed by atoms with van der Waals surface area (Å²) in [5.41, 5.74) is -3.28. The number of benzene rings is 1. The van der Waals surface area contributed by atoms with E-state index >= 15 is 0 Å². The van der Waals surface area contributed by atoms with Gasteiger partial charge in [-0.1, -0.05) is 19.1 Å². The lowest BCUT2D eigenvalue weighted by molar-refractivity contribution is -0.247. The zero-order chi connectivity index (χ0) is 16.3. The summed E-state index contributed by atoms with van der Waals surface area (Å²) in [6.45, 7) is 1.58. The van der Waals surface area contributed by atoms with Gasteiger partial charge in [0, 0.05) is 5.56 Å². The fourth-order valence-electron chi connectivity index (χ4n) is 2.14. The average molecular weight is 308 g/mol. The number of para-hydroxylation sites is 1. The normalized spacial score (nSPS) is 16.1. The quantitative estimate of drug-likeness (QED) is 0.648. The van der Waals surface area contributed by atoms with Crippen molar-refractivity contribution in [1.29, 1.82) is 0 Å². The molecule has 0 fully saturated rings. The van der Waals surface area contributed by atoms with Gasteiger partial charge in [-0.05, 0) is 24.8 Å². The Morgan fingerprint density at radius 3 is 2.43 bits per heavy atom. The zero-order valence-electron chi connectivity index (χ0n) is 11.6. The molecule has 0 amide bonds. The molecule has 1 rings (SSSR count). The highest BCUT2D eigenvalue weighted by Gasteiger charge is 2.54. The lowest BCUT2D eigenvalue weighted by Crippen LogP contribution is -2.47. The first-order chi connectivity index (χ1) is 9.70. The van der Waals surface area contributed by atoms with Crippen LogP contribution in [0.1, 0.15) is 31.2 Å². The number of alkyl halides is 3. The maximum atomic E-state index is 13.6. The van der Waals surface area contributed by atoms with Gasteiger partial charge in [-0.25, -0.2) is 4.39 Å². The molecule has 1 unspecified atom stereocenters. The number of aldehydes is 1. The number of methoxy groups -OCH3 is 1. The molecule has 7 heteroatoms. The first-order valence-electron chi connectivity index (χ1n) is 6.28. The van der Waals surface area contributed by atoms with E-state index in [9.17, 15) is 27.5 Å². The summed E-state index contributed by atoms with van der Waals surface area (Å²) in [4.78, 5) is 10.7. The molecule has 21 heavy (non-hydrogen) atoms. The fraction of sp³-hybridized carbons (Fsp3) is 0.500.